The molecule has 9 aromatic rings. The van der Waals surface area contributed by atoms with Gasteiger partial charge in [0.1, 0.15) is 6.34 Å². The van der Waals surface area contributed by atoms with E-state index in [0.29, 0.717) is 30.8 Å². The van der Waals surface area contributed by atoms with Crippen molar-refractivity contribution in [3.63, 3.8) is 0 Å². The van der Waals surface area contributed by atoms with Gasteiger partial charge in [-0.15, -0.1) is 0 Å². The molecule has 406 valence electrons. The number of para-hydroxylation sites is 3. The third kappa shape index (κ3) is 13.4. The Morgan fingerprint density at radius 2 is 1.11 bits per heavy atom. The highest BCUT2D eigenvalue weighted by molar-refractivity contribution is 8.19. The van der Waals surface area contributed by atoms with Gasteiger partial charge in [0.15, 0.2) is 21.0 Å². The number of nitrogens with zero attached hydrogens (tertiary/aromatic N) is 9. The van der Waals surface area contributed by atoms with Gasteiger partial charge in [0, 0.05) is 13.2 Å². The van der Waals surface area contributed by atoms with Gasteiger partial charge in [-0.1, -0.05) is 144 Å². The maximum Gasteiger partial charge on any atom is 0.271 e. The van der Waals surface area contributed by atoms with E-state index in [1.165, 1.54) is 40.4 Å². The highest BCUT2D eigenvalue weighted by atomic mass is 32.2. The largest absolute Gasteiger partial charge is 0.493 e. The SMILES string of the molecule is CN=C1S/C(=C\c2ccc(CO)cc2)C(=O)N1c1ccccc1.Cc1ccc(N=C2S/C(=C\c3ccc(CO)cc3)C(=O)N2c2ccccc2)nc1.Cc1ccc(N=c2sc(C=c3ccc4c(c3)N=CN=4)c(O)n2-c2ccccc2)cc1. The molecule has 5 heterocycles. The molecule has 0 aliphatic carbocycles. The summed E-state index contributed by atoms with van der Waals surface area (Å²) in [5.74, 6) is 0.512. The van der Waals surface area contributed by atoms with Crippen LogP contribution in [0.4, 0.5) is 28.6 Å². The smallest absolute Gasteiger partial charge is 0.271 e. The van der Waals surface area contributed by atoms with Crippen LogP contribution in [0.3, 0.4) is 0 Å². The number of fused-ring (bicyclic) bond motifs is 1. The van der Waals surface area contributed by atoms with Crippen LogP contribution < -0.4 is 25.2 Å². The van der Waals surface area contributed by atoms with Crippen LogP contribution in [0.1, 0.15) is 38.3 Å². The summed E-state index contributed by atoms with van der Waals surface area (Å²) in [5.41, 5.74) is 9.81. The maximum atomic E-state index is 13.2. The Kier molecular flexibility index (Phi) is 17.9. The molecule has 7 aromatic carbocycles. The zero-order valence-corrected chi connectivity index (χ0v) is 47.1. The number of carbonyl (C=O) groups excluding carboxylic acids is 2. The Balaban J connectivity index is 0.000000139. The Hall–Kier alpha value is -9.36. The van der Waals surface area contributed by atoms with Crippen LogP contribution in [0.2, 0.25) is 0 Å². The predicted octanol–water partition coefficient (Wildman–Crippen LogP) is 11.9. The molecule has 3 N–H and O–H groups in total. The van der Waals surface area contributed by atoms with Crippen molar-refractivity contribution in [1.29, 1.82) is 0 Å². The number of anilines is 2. The first kappa shape index (κ1) is 55.9. The third-order valence-electron chi connectivity index (χ3n) is 12.6. The number of carbonyl (C=O) groups is 2. The van der Waals surface area contributed by atoms with E-state index in [0.717, 1.165) is 71.7 Å². The zero-order valence-electron chi connectivity index (χ0n) is 44.7. The van der Waals surface area contributed by atoms with Crippen molar-refractivity contribution >= 4 is 110 Å². The summed E-state index contributed by atoms with van der Waals surface area (Å²) in [7, 11) is 1.69. The second kappa shape index (κ2) is 26.3. The number of thiazole rings is 1. The molecule has 3 aliphatic rings. The standard InChI is InChI=1S/C24H18N4OS.C23H19N3O2S.C18H16N2O2S/c1-16-7-10-18(11-8-16)27-24-28(19-5-3-2-4-6-19)23(29)22(30-24)14-17-9-12-20-21(13-17)26-15-25-20;1-16-7-12-21(24-14-16)25-23-26(19-5-3-2-4-6-19)22(28)20(29-23)13-17-8-10-18(15-27)11-9-17;1-19-18-20(15-5-3-2-4-6-15)17(22)16(23-18)11-13-7-9-14(12-21)10-8-13/h2-15,29H,1H3;2-14,27H,15H2,1H3;2-11,21H,12H2,1H3/b;20-13-,25-23?;16-11-,19-18?. The number of aliphatic imine (C=N–C) groups is 3. The number of pyridine rings is 1. The number of amides is 2. The molecule has 0 bridgehead atoms. The third-order valence-corrected chi connectivity index (χ3v) is 15.7. The lowest BCUT2D eigenvalue weighted by molar-refractivity contribution is -0.114. The van der Waals surface area contributed by atoms with E-state index < -0.39 is 0 Å². The fourth-order valence-corrected chi connectivity index (χ4v) is 11.3. The molecular formula is C65H53N9O5S3. The predicted molar refractivity (Wildman–Crippen MR) is 334 cm³/mol. The van der Waals surface area contributed by atoms with Crippen molar-refractivity contribution in [2.45, 2.75) is 27.1 Å². The van der Waals surface area contributed by atoms with Crippen molar-refractivity contribution in [2.24, 2.45) is 25.0 Å². The number of hydrogen-bond acceptors (Lipinski definition) is 14. The molecule has 12 rings (SSSR count). The van der Waals surface area contributed by atoms with Gasteiger partial charge in [-0.3, -0.25) is 28.9 Å². The first-order chi connectivity index (χ1) is 40.0. The lowest BCUT2D eigenvalue weighted by atomic mass is 10.1. The number of rotatable bonds is 10. The topological polar surface area (TPSA) is 181 Å². The number of aromatic nitrogens is 2. The minimum absolute atomic E-state index is 0.00727. The van der Waals surface area contributed by atoms with Gasteiger partial charge in [0.25, 0.3) is 11.8 Å². The van der Waals surface area contributed by atoms with Crippen LogP contribution in [0.5, 0.6) is 5.88 Å². The Morgan fingerprint density at radius 1 is 0.573 bits per heavy atom. The van der Waals surface area contributed by atoms with Crippen molar-refractivity contribution in [2.75, 3.05) is 16.8 Å². The number of amidine groups is 2. The van der Waals surface area contributed by atoms with E-state index >= 15 is 0 Å². The number of benzene rings is 7. The molecule has 0 saturated carbocycles. The molecule has 0 spiro atoms. The van der Waals surface area contributed by atoms with Crippen molar-refractivity contribution in [1.82, 2.24) is 9.55 Å². The summed E-state index contributed by atoms with van der Waals surface area (Å²) in [6, 6.07) is 61.3. The van der Waals surface area contributed by atoms with Crippen LogP contribution in [-0.2, 0) is 22.8 Å². The van der Waals surface area contributed by atoms with Crippen LogP contribution in [0.25, 0.3) is 23.9 Å². The van der Waals surface area contributed by atoms with Crippen molar-refractivity contribution < 1.29 is 24.9 Å². The van der Waals surface area contributed by atoms with E-state index in [-0.39, 0.29) is 30.9 Å². The number of hydrogen-bond donors (Lipinski definition) is 3. The van der Waals surface area contributed by atoms with E-state index in [2.05, 4.69) is 25.0 Å². The van der Waals surface area contributed by atoms with Crippen molar-refractivity contribution in [3.05, 3.63) is 264 Å². The molecule has 14 nitrogen and oxygen atoms in total. The van der Waals surface area contributed by atoms with Gasteiger partial charge >= 0.3 is 0 Å². The zero-order chi connectivity index (χ0) is 57.0. The number of thioether (sulfide) groups is 2. The highest BCUT2D eigenvalue weighted by Crippen LogP contribution is 2.38. The average Bonchev–Trinajstić information content (AvgIpc) is 4.21. The molecule has 2 aromatic heterocycles. The van der Waals surface area contributed by atoms with Crippen molar-refractivity contribution in [3.8, 4) is 11.6 Å². The molecule has 17 heteroatoms. The summed E-state index contributed by atoms with van der Waals surface area (Å²) in [6.07, 6.45) is 8.95. The molecule has 82 heavy (non-hydrogen) atoms. The van der Waals surface area contributed by atoms with Crippen LogP contribution >= 0.6 is 34.9 Å². The number of aromatic hydroxyl groups is 1. The van der Waals surface area contributed by atoms with Gasteiger partial charge in [0.05, 0.1) is 61.7 Å². The lowest BCUT2D eigenvalue weighted by Crippen LogP contribution is -2.28. The van der Waals surface area contributed by atoms with Gasteiger partial charge in [-0.25, -0.2) is 25.0 Å². The van der Waals surface area contributed by atoms with E-state index in [1.807, 2.05) is 226 Å². The average molecular weight is 1140 g/mol. The second-order valence-corrected chi connectivity index (χ2v) is 21.6. The quantitative estimate of drug-likeness (QED) is 0.113. The second-order valence-electron chi connectivity index (χ2n) is 18.5. The summed E-state index contributed by atoms with van der Waals surface area (Å²) in [4.78, 5) is 58.2. The molecule has 3 aliphatic heterocycles. The fraction of sp³-hybridized carbons (Fsp3) is 0.0769. The molecule has 2 fully saturated rings. The minimum atomic E-state index is -0.127. The molecule has 0 radical (unpaired) electrons. The lowest BCUT2D eigenvalue weighted by Gasteiger charge is -2.15. The van der Waals surface area contributed by atoms with Gasteiger partial charge in [-0.05, 0) is 155 Å². The first-order valence-corrected chi connectivity index (χ1v) is 28.3. The fourth-order valence-electron chi connectivity index (χ4n) is 8.39. The van der Waals surface area contributed by atoms with Crippen LogP contribution in [-0.4, -0.2) is 60.4 Å². The summed E-state index contributed by atoms with van der Waals surface area (Å²) >= 11 is 4.13. The van der Waals surface area contributed by atoms with E-state index in [1.54, 1.807) is 33.9 Å². The number of aryl methyl sites for hydroxylation is 2. The van der Waals surface area contributed by atoms with Crippen LogP contribution in [0, 0.1) is 13.8 Å². The Bertz CT molecular complexity index is 4130. The summed E-state index contributed by atoms with van der Waals surface area (Å²) < 4.78 is 1.78. The highest BCUT2D eigenvalue weighted by Gasteiger charge is 2.35. The summed E-state index contributed by atoms with van der Waals surface area (Å²) in [5, 5.41) is 32.4. The molecule has 2 saturated heterocycles. The molecule has 0 atom stereocenters. The molecule has 0 unspecified atom stereocenters. The van der Waals surface area contributed by atoms with Crippen LogP contribution in [0.15, 0.2) is 235 Å². The monoisotopic (exact) mass is 1140 g/mol. The van der Waals surface area contributed by atoms with Gasteiger partial charge in [0.2, 0.25) is 5.88 Å². The van der Waals surface area contributed by atoms with E-state index in [9.17, 15) is 19.8 Å². The number of aliphatic hydroxyl groups excluding tert-OH is 2. The van der Waals surface area contributed by atoms with Gasteiger partial charge in [-0.2, -0.15) is 0 Å². The minimum Gasteiger partial charge on any atom is -0.493 e. The maximum absolute atomic E-state index is 13.2. The molecular weight excluding hydrogens is 1080 g/mol. The number of aliphatic hydroxyl groups is 2. The molecule has 2 amide bonds. The van der Waals surface area contributed by atoms with Gasteiger partial charge < -0.3 is 15.3 Å². The van der Waals surface area contributed by atoms with E-state index in [4.69, 9.17) is 10.1 Å². The summed E-state index contributed by atoms with van der Waals surface area (Å²) in [6.45, 7) is 4.02. The first-order valence-electron chi connectivity index (χ1n) is 25.8. The normalized spacial score (nSPS) is 16.0. The Morgan fingerprint density at radius 3 is 1.65 bits per heavy atom. The Labute approximate surface area is 486 Å².